The minimum Gasteiger partial charge on any atom is -0.349 e. The van der Waals surface area contributed by atoms with Crippen molar-refractivity contribution in [2.45, 2.75) is 47.5 Å². The summed E-state index contributed by atoms with van der Waals surface area (Å²) in [6.07, 6.45) is -11.3. The van der Waals surface area contributed by atoms with Crippen LogP contribution in [0.5, 0.6) is 0 Å². The highest BCUT2D eigenvalue weighted by Gasteiger charge is 2.73. The fourth-order valence-electron chi connectivity index (χ4n) is 6.28. The van der Waals surface area contributed by atoms with Crippen LogP contribution in [-0.2, 0) is 36.3 Å². The summed E-state index contributed by atoms with van der Waals surface area (Å²) in [6.45, 7) is 0.366. The van der Waals surface area contributed by atoms with E-state index in [0.29, 0.717) is 12.1 Å². The molecule has 0 unspecified atom stereocenters. The minimum atomic E-state index is -6.04. The molecule has 0 saturated carbocycles. The van der Waals surface area contributed by atoms with Gasteiger partial charge in [-0.25, -0.2) is 22.6 Å². The molecular formula is C32H30ClF7N4O5S. The lowest BCUT2D eigenvalue weighted by Crippen LogP contribution is -2.56. The van der Waals surface area contributed by atoms with Crippen LogP contribution in [0, 0.1) is 5.82 Å². The number of carbonyl (C=O) groups excluding carboxylic acids is 2. The number of nitrogens with zero attached hydrogens (tertiary/aromatic N) is 4. The summed E-state index contributed by atoms with van der Waals surface area (Å²) in [4.78, 5) is 32.8. The number of benzene rings is 2. The number of aromatic nitrogens is 1. The standard InChI is InChI=1S/C32H30ClF7N4O5S/c1-21(45)42-14-16-43(17-15-42)28(46)44-13-11-29(20-44,50(47,48)26-8-6-25(34)7-9-26)23-2-4-24(5-3-23)30(31(35,36)37,32(38,39)40)49-19-22-10-12-41-27(33)18-22/h2-10,12,18H,11,13-17,19-20H2,1H3/t29-/m0/s1. The van der Waals surface area contributed by atoms with E-state index in [0.717, 1.165) is 54.7 Å². The van der Waals surface area contributed by atoms with Gasteiger partial charge in [0.15, 0.2) is 9.84 Å². The third kappa shape index (κ3) is 6.74. The molecule has 3 amide bonds. The van der Waals surface area contributed by atoms with E-state index in [4.69, 9.17) is 11.6 Å². The SMILES string of the molecule is CC(=O)N1CCN(C(=O)N2CC[C@](c3ccc(C(OCc4ccnc(Cl)c4)(C(F)(F)F)C(F)(F)F)cc3)(S(=O)(=O)c3ccc(F)cc3)C2)CC1. The second-order valence-electron chi connectivity index (χ2n) is 11.9. The maximum atomic E-state index is 14.6. The number of piperazine rings is 1. The van der Waals surface area contributed by atoms with Gasteiger partial charge >= 0.3 is 18.4 Å². The quantitative estimate of drug-likeness (QED) is 0.165. The molecule has 2 saturated heterocycles. The van der Waals surface area contributed by atoms with Crippen molar-refractivity contribution in [2.75, 3.05) is 39.3 Å². The molecule has 2 aromatic carbocycles. The molecule has 0 aliphatic carbocycles. The van der Waals surface area contributed by atoms with Crippen molar-refractivity contribution in [3.8, 4) is 0 Å². The summed E-state index contributed by atoms with van der Waals surface area (Å²) in [5.41, 5.74) is -6.52. The van der Waals surface area contributed by atoms with Gasteiger partial charge in [0.25, 0.3) is 5.60 Å². The van der Waals surface area contributed by atoms with Gasteiger partial charge in [0, 0.05) is 58.0 Å². The van der Waals surface area contributed by atoms with Gasteiger partial charge in [-0.05, 0) is 53.9 Å². The Bertz CT molecular complexity index is 1820. The number of ether oxygens (including phenoxy) is 1. The Morgan fingerprint density at radius 2 is 1.44 bits per heavy atom. The molecule has 0 radical (unpaired) electrons. The molecule has 5 rings (SSSR count). The third-order valence-electron chi connectivity index (χ3n) is 9.00. The van der Waals surface area contributed by atoms with Crippen LogP contribution in [0.15, 0.2) is 71.8 Å². The van der Waals surface area contributed by atoms with Crippen LogP contribution in [0.25, 0.3) is 0 Å². The molecule has 0 bridgehead atoms. The molecule has 0 spiro atoms. The van der Waals surface area contributed by atoms with Crippen molar-refractivity contribution < 1.29 is 53.5 Å². The molecule has 9 nitrogen and oxygen atoms in total. The third-order valence-corrected chi connectivity index (χ3v) is 11.7. The van der Waals surface area contributed by atoms with Crippen molar-refractivity contribution in [2.24, 2.45) is 0 Å². The Morgan fingerprint density at radius 3 is 1.98 bits per heavy atom. The van der Waals surface area contributed by atoms with E-state index in [2.05, 4.69) is 9.72 Å². The van der Waals surface area contributed by atoms with Gasteiger partial charge < -0.3 is 19.4 Å². The summed E-state index contributed by atoms with van der Waals surface area (Å²) in [6, 6.07) is 8.08. The number of amides is 3. The summed E-state index contributed by atoms with van der Waals surface area (Å²) in [5, 5.41) is -0.185. The average Bonchev–Trinajstić information content (AvgIpc) is 3.51. The van der Waals surface area contributed by atoms with Crippen molar-refractivity contribution in [3.05, 3.63) is 94.5 Å². The van der Waals surface area contributed by atoms with Gasteiger partial charge in [-0.3, -0.25) is 4.79 Å². The first kappa shape index (κ1) is 37.3. The van der Waals surface area contributed by atoms with Crippen LogP contribution >= 0.6 is 11.6 Å². The number of carbonyl (C=O) groups is 2. The summed E-state index contributed by atoms with van der Waals surface area (Å²) >= 11 is 5.74. The minimum absolute atomic E-state index is 0.123. The van der Waals surface area contributed by atoms with Gasteiger partial charge in [0.2, 0.25) is 5.91 Å². The highest BCUT2D eigenvalue weighted by atomic mass is 35.5. The molecule has 270 valence electrons. The number of hydrogen-bond donors (Lipinski definition) is 0. The maximum absolute atomic E-state index is 14.6. The molecule has 1 atom stereocenters. The predicted molar refractivity (Wildman–Crippen MR) is 165 cm³/mol. The molecule has 1 aromatic heterocycles. The highest BCUT2D eigenvalue weighted by Crippen LogP contribution is 2.54. The largest absolute Gasteiger partial charge is 0.430 e. The average molecular weight is 751 g/mol. The zero-order valence-electron chi connectivity index (χ0n) is 26.3. The number of likely N-dealkylation sites (tertiary alicyclic amines) is 1. The monoisotopic (exact) mass is 750 g/mol. The Hall–Kier alpha value is -3.96. The fraction of sp³-hybridized carbons (Fsp3) is 0.406. The van der Waals surface area contributed by atoms with Crippen LogP contribution < -0.4 is 0 Å². The first-order chi connectivity index (χ1) is 23.3. The Balaban J connectivity index is 1.55. The Kier molecular flexibility index (Phi) is 10.2. The second-order valence-corrected chi connectivity index (χ2v) is 14.6. The van der Waals surface area contributed by atoms with Gasteiger partial charge in [0.1, 0.15) is 15.7 Å². The molecule has 3 heterocycles. The number of urea groups is 1. The molecule has 18 heteroatoms. The summed E-state index contributed by atoms with van der Waals surface area (Å²) < 4.78 is 132. The van der Waals surface area contributed by atoms with Crippen molar-refractivity contribution in [3.63, 3.8) is 0 Å². The lowest BCUT2D eigenvalue weighted by atomic mass is 9.88. The van der Waals surface area contributed by atoms with Crippen molar-refractivity contribution in [1.29, 1.82) is 0 Å². The van der Waals surface area contributed by atoms with E-state index in [1.165, 1.54) is 21.6 Å². The number of pyridine rings is 1. The topological polar surface area (TPSA) is 100 Å². The number of sulfone groups is 1. The van der Waals surface area contributed by atoms with E-state index in [1.807, 2.05) is 0 Å². The number of halogens is 8. The first-order valence-electron chi connectivity index (χ1n) is 15.1. The Morgan fingerprint density at radius 1 is 0.860 bits per heavy atom. The first-order valence-corrected chi connectivity index (χ1v) is 17.0. The number of alkyl halides is 6. The molecule has 0 N–H and O–H groups in total. The lowest BCUT2D eigenvalue weighted by molar-refractivity contribution is -0.392. The summed E-state index contributed by atoms with van der Waals surface area (Å²) in [7, 11) is -4.57. The smallest absolute Gasteiger partial charge is 0.349 e. The molecule has 2 fully saturated rings. The second kappa shape index (κ2) is 13.6. The molecule has 3 aromatic rings. The van der Waals surface area contributed by atoms with E-state index in [-0.39, 0.29) is 66.2 Å². The van der Waals surface area contributed by atoms with Crippen LogP contribution in [-0.4, -0.2) is 91.7 Å². The van der Waals surface area contributed by atoms with E-state index < -0.39 is 63.1 Å². The molecule has 50 heavy (non-hydrogen) atoms. The number of rotatable bonds is 7. The molecule has 2 aliphatic heterocycles. The maximum Gasteiger partial charge on any atom is 0.430 e. The van der Waals surface area contributed by atoms with Crippen molar-refractivity contribution >= 4 is 33.4 Å². The van der Waals surface area contributed by atoms with E-state index >= 15 is 0 Å². The van der Waals surface area contributed by atoms with Gasteiger partial charge in [-0.15, -0.1) is 0 Å². The van der Waals surface area contributed by atoms with Crippen LogP contribution in [0.2, 0.25) is 5.15 Å². The fourth-order valence-corrected chi connectivity index (χ4v) is 8.55. The van der Waals surface area contributed by atoms with Gasteiger partial charge in [-0.2, -0.15) is 26.3 Å². The zero-order valence-corrected chi connectivity index (χ0v) is 27.8. The zero-order chi connectivity index (χ0) is 36.7. The van der Waals surface area contributed by atoms with Crippen LogP contribution in [0.3, 0.4) is 0 Å². The molecule has 2 aliphatic rings. The molecular weight excluding hydrogens is 721 g/mol. The van der Waals surface area contributed by atoms with E-state index in [1.54, 1.807) is 0 Å². The lowest BCUT2D eigenvalue weighted by Gasteiger charge is -2.38. The normalized spacial score (nSPS) is 19.2. The van der Waals surface area contributed by atoms with Crippen LogP contribution in [0.1, 0.15) is 30.0 Å². The van der Waals surface area contributed by atoms with Crippen LogP contribution in [0.4, 0.5) is 35.5 Å². The van der Waals surface area contributed by atoms with Gasteiger partial charge in [-0.1, -0.05) is 35.9 Å². The van der Waals surface area contributed by atoms with Crippen molar-refractivity contribution in [1.82, 2.24) is 19.7 Å². The summed E-state index contributed by atoms with van der Waals surface area (Å²) in [5.74, 6) is -0.932. The Labute approximate surface area is 287 Å². The number of hydrogen-bond acceptors (Lipinski definition) is 6. The van der Waals surface area contributed by atoms with Gasteiger partial charge in [0.05, 0.1) is 11.5 Å². The van der Waals surface area contributed by atoms with E-state index in [9.17, 15) is 48.7 Å². The predicted octanol–water partition coefficient (Wildman–Crippen LogP) is 6.07. The highest BCUT2D eigenvalue weighted by molar-refractivity contribution is 7.92.